The highest BCUT2D eigenvalue weighted by Gasteiger charge is 3.00. The third-order valence-electron chi connectivity index (χ3n) is 12.6. The van der Waals surface area contributed by atoms with Crippen LogP contribution >= 0.6 is 7.82 Å². The number of hydrogen-bond donors (Lipinski definition) is 6. The van der Waals surface area contributed by atoms with Crippen molar-refractivity contribution in [2.24, 2.45) is 17.2 Å². The first kappa shape index (κ1) is 112. The molecule has 0 fully saturated rings. The second-order valence-electron chi connectivity index (χ2n) is 20.5. The number of alkyl halides is 51. The fourth-order valence-electron chi connectivity index (χ4n) is 6.66. The number of nitrogens with two attached hydrogens (primary N) is 3. The van der Waals surface area contributed by atoms with Gasteiger partial charge in [0.2, 0.25) is 0 Å². The predicted molar refractivity (Wildman–Crippen MR) is 256 cm³/mol. The van der Waals surface area contributed by atoms with E-state index in [0.717, 1.165) is 20.8 Å². The zero-order valence-electron chi connectivity index (χ0n) is 51.7. The molecule has 0 spiro atoms. The molecular weight excluding hydrogens is 1810 g/mol. The molecule has 0 heterocycles. The number of sulfonamides is 3. The summed E-state index contributed by atoms with van der Waals surface area (Å²) in [7, 11) is -26.4. The smallest absolute Gasteiger partial charge is 0.329 e. The van der Waals surface area contributed by atoms with Crippen LogP contribution in [-0.2, 0) is 34.6 Å². The zero-order chi connectivity index (χ0) is 91.2. The lowest BCUT2D eigenvalue weighted by Crippen LogP contribution is -2.75. The molecule has 0 aliphatic carbocycles. The quantitative estimate of drug-likeness (QED) is 0.0252. The zero-order valence-corrected chi connectivity index (χ0v) is 55.1. The van der Waals surface area contributed by atoms with Crippen molar-refractivity contribution in [2.45, 2.75) is 181 Å². The summed E-state index contributed by atoms with van der Waals surface area (Å²) in [4.78, 5) is 21.6. The van der Waals surface area contributed by atoms with E-state index in [4.69, 9.17) is 36.4 Å². The molecule has 0 rings (SSSR count). The maximum absolute atomic E-state index is 14.0. The summed E-state index contributed by atoms with van der Waals surface area (Å²) in [6.45, 7) is -7.91. The minimum Gasteiger partial charge on any atom is -0.329 e. The summed E-state index contributed by atoms with van der Waals surface area (Å²) in [5.41, 5.74) is 14.4. The van der Waals surface area contributed by atoms with E-state index < -0.39 is 270 Å². The summed E-state index contributed by atoms with van der Waals surface area (Å²) >= 11 is 0. The van der Waals surface area contributed by atoms with Crippen LogP contribution in [0.4, 0.5) is 224 Å². The van der Waals surface area contributed by atoms with Gasteiger partial charge in [-0.25, -0.2) is 29.8 Å². The van der Waals surface area contributed by atoms with Gasteiger partial charge in [-0.3, -0.25) is 0 Å². The number of phosphoric acid groups is 1. The minimum absolute atomic E-state index is 0.551. The molecule has 0 aliphatic rings. The van der Waals surface area contributed by atoms with Crippen molar-refractivity contribution < 1.29 is 268 Å². The summed E-state index contributed by atoms with van der Waals surface area (Å²) in [6.07, 6.45) is -25.3. The fraction of sp³-hybridized carbons (Fsp3) is 1.00. The molecule has 0 aromatic heterocycles. The first-order chi connectivity index (χ1) is 47.1. The molecular formula is C39H42F51N6O10PS3. The topological polar surface area (TPSA) is 268 Å². The van der Waals surface area contributed by atoms with E-state index in [1.54, 1.807) is 0 Å². The molecule has 9 N–H and O–H groups in total. The van der Waals surface area contributed by atoms with Gasteiger partial charge in [-0.2, -0.15) is 237 Å². The van der Waals surface area contributed by atoms with E-state index >= 15 is 0 Å². The van der Waals surface area contributed by atoms with Gasteiger partial charge < -0.3 is 31.9 Å². The predicted octanol–water partition coefficient (Wildman–Crippen LogP) is 13.9. The van der Waals surface area contributed by atoms with Crippen LogP contribution in [0, 0.1) is 0 Å². The van der Waals surface area contributed by atoms with Gasteiger partial charge in [-0.05, 0) is 19.3 Å². The van der Waals surface area contributed by atoms with Crippen LogP contribution in [0.3, 0.4) is 0 Å². The van der Waals surface area contributed by atoms with E-state index in [1.807, 2.05) is 0 Å². The van der Waals surface area contributed by atoms with Crippen LogP contribution in [-0.4, -0.2) is 253 Å². The molecule has 668 valence electrons. The Bertz CT molecular complexity index is 3060. The second kappa shape index (κ2) is 33.3. The molecule has 0 amide bonds. The van der Waals surface area contributed by atoms with Crippen molar-refractivity contribution in [3.8, 4) is 0 Å². The van der Waals surface area contributed by atoms with Crippen molar-refractivity contribution >= 4 is 37.9 Å². The van der Waals surface area contributed by atoms with E-state index in [0.29, 0.717) is 0 Å². The molecule has 0 aromatic carbocycles. The van der Waals surface area contributed by atoms with Gasteiger partial charge in [-0.1, -0.05) is 20.8 Å². The van der Waals surface area contributed by atoms with Crippen LogP contribution in [0.15, 0.2) is 0 Å². The number of nitrogens with zero attached hydrogens (tertiary/aromatic N) is 3. The van der Waals surface area contributed by atoms with Gasteiger partial charge in [0.15, 0.2) is 0 Å². The van der Waals surface area contributed by atoms with Gasteiger partial charge in [0.1, 0.15) is 0 Å². The van der Waals surface area contributed by atoms with Gasteiger partial charge >= 0.3 is 149 Å². The lowest BCUT2D eigenvalue weighted by atomic mass is 9.91. The summed E-state index contributed by atoms with van der Waals surface area (Å²) in [6, 6.07) is 0. The highest BCUT2D eigenvalue weighted by Crippen LogP contribution is 2.69. The van der Waals surface area contributed by atoms with E-state index in [9.17, 15) is 249 Å². The highest BCUT2D eigenvalue weighted by atomic mass is 32.2. The van der Waals surface area contributed by atoms with Crippen molar-refractivity contribution in [3.05, 3.63) is 0 Å². The monoisotopic (exact) mass is 1850 g/mol. The number of halogens is 51. The lowest BCUT2D eigenvalue weighted by molar-refractivity contribution is -0.458. The molecule has 0 bridgehead atoms. The average molecular weight is 1850 g/mol. The third kappa shape index (κ3) is 18.0. The Labute approximate surface area is 576 Å². The second-order valence-corrected chi connectivity index (χ2v) is 27.4. The standard InChI is InChI=1S/3C13H13F17N2O2S.H3O4P/c3*1-2-4-32(5-3-31)35(33,34)13(29,30)11(24,25)9(20,21)7(16,17)6(14,15)8(18,19)10(22,23)12(26,27)28;1-5(2,3)4/h3*2-5,31H2,1H3;(H3,1,2,3,4). The number of rotatable bonds is 36. The van der Waals surface area contributed by atoms with Crippen LogP contribution in [0.2, 0.25) is 0 Å². The van der Waals surface area contributed by atoms with Crippen molar-refractivity contribution in [1.82, 2.24) is 12.9 Å². The van der Waals surface area contributed by atoms with Crippen molar-refractivity contribution in [3.63, 3.8) is 0 Å². The fourth-order valence-corrected chi connectivity index (χ4v) is 11.3. The molecule has 0 aliphatic heterocycles. The molecule has 0 saturated heterocycles. The summed E-state index contributed by atoms with van der Waals surface area (Å²) in [5, 5.41) is -22.6. The van der Waals surface area contributed by atoms with Gasteiger partial charge in [0.05, 0.1) is 0 Å². The Hall–Kier alpha value is -3.85. The maximum Gasteiger partial charge on any atom is 0.466 e. The lowest BCUT2D eigenvalue weighted by Gasteiger charge is -2.43. The van der Waals surface area contributed by atoms with Gasteiger partial charge in [0.25, 0.3) is 30.1 Å². The Balaban J connectivity index is -0.000000741. The van der Waals surface area contributed by atoms with E-state index in [1.165, 1.54) is 0 Å². The third-order valence-corrected chi connectivity index (χ3v) is 18.5. The molecule has 0 unspecified atom stereocenters. The van der Waals surface area contributed by atoms with Crippen molar-refractivity contribution in [1.29, 1.82) is 0 Å². The van der Waals surface area contributed by atoms with Crippen molar-refractivity contribution in [2.75, 3.05) is 58.9 Å². The Morgan fingerprint density at radius 3 is 0.418 bits per heavy atom. The molecule has 0 saturated carbocycles. The SMILES string of the molecule is CCCN(CCN)S(=O)(=O)C(F)(F)C(F)(F)C(F)(F)C(F)(F)C(F)(F)C(F)(F)C(F)(F)C(F)(F)F.CCCN(CCN)S(=O)(=O)C(F)(F)C(F)(F)C(F)(F)C(F)(F)C(F)(F)C(F)(F)C(F)(F)C(F)(F)F.CCCN(CCN)S(=O)(=O)C(F)(F)C(F)(F)C(F)(F)C(F)(F)C(F)(F)C(F)(F)C(F)(F)C(F)(F)F.O=P(O)(O)O. The summed E-state index contributed by atoms with van der Waals surface area (Å²) < 4.78 is 752. The Kier molecular flexibility index (Phi) is 34.0. The van der Waals surface area contributed by atoms with Gasteiger partial charge in [-0.15, -0.1) is 0 Å². The van der Waals surface area contributed by atoms with E-state index in [-0.39, 0.29) is 0 Å². The van der Waals surface area contributed by atoms with Crippen LogP contribution in [0.1, 0.15) is 40.0 Å². The summed E-state index contributed by atoms with van der Waals surface area (Å²) in [5.74, 6) is -155. The largest absolute Gasteiger partial charge is 0.466 e. The molecule has 71 heteroatoms. The molecule has 0 aromatic rings. The molecule has 16 nitrogen and oxygen atoms in total. The maximum atomic E-state index is 14.0. The van der Waals surface area contributed by atoms with Crippen LogP contribution in [0.5, 0.6) is 0 Å². The molecule has 110 heavy (non-hydrogen) atoms. The molecule has 0 atom stereocenters. The molecule has 0 radical (unpaired) electrons. The first-order valence-electron chi connectivity index (χ1n) is 26.1. The normalized spacial score (nSPS) is 16.0. The Morgan fingerprint density at radius 1 is 0.227 bits per heavy atom. The average Bonchev–Trinajstić information content (AvgIpc) is 0.698. The van der Waals surface area contributed by atoms with Gasteiger partial charge in [0, 0.05) is 58.9 Å². The minimum atomic E-state index is -8.84. The number of hydrogen-bond acceptors (Lipinski definition) is 10. The van der Waals surface area contributed by atoms with E-state index in [2.05, 4.69) is 0 Å². The highest BCUT2D eigenvalue weighted by molar-refractivity contribution is 7.90. The van der Waals surface area contributed by atoms with Crippen LogP contribution in [0.25, 0.3) is 0 Å². The Morgan fingerprint density at radius 2 is 0.327 bits per heavy atom. The van der Waals surface area contributed by atoms with Crippen LogP contribution < -0.4 is 17.2 Å². The first-order valence-corrected chi connectivity index (χ1v) is 32.0.